The molecule has 2 aromatic heterocycles. The molecule has 1 aliphatic carbocycles. The predicted molar refractivity (Wildman–Crippen MR) is 89.4 cm³/mol. The molecule has 1 atom stereocenters. The van der Waals surface area contributed by atoms with Gasteiger partial charge in [-0.15, -0.1) is 0 Å². The Bertz CT molecular complexity index is 695. The Morgan fingerprint density at radius 3 is 3.38 bits per heavy atom. The van der Waals surface area contributed by atoms with Crippen LogP contribution in [0.25, 0.3) is 0 Å². The Kier molecular flexibility index (Phi) is 4.34. The van der Waals surface area contributed by atoms with Crippen LogP contribution in [-0.2, 0) is 37.1 Å². The van der Waals surface area contributed by atoms with E-state index in [2.05, 4.69) is 36.7 Å². The quantitative estimate of drug-likeness (QED) is 0.771. The molecule has 0 saturated carbocycles. The summed E-state index contributed by atoms with van der Waals surface area (Å²) in [4.78, 5) is 12.3. The highest BCUT2D eigenvalue weighted by atomic mass is 16.1. The van der Waals surface area contributed by atoms with Crippen LogP contribution in [-0.4, -0.2) is 38.5 Å². The molecule has 0 saturated heterocycles. The third kappa shape index (κ3) is 3.36. The molecule has 0 unspecified atom stereocenters. The summed E-state index contributed by atoms with van der Waals surface area (Å²) in [6.45, 7) is 2.87. The fourth-order valence-corrected chi connectivity index (χ4v) is 3.62. The van der Waals surface area contributed by atoms with E-state index < -0.39 is 0 Å². The molecule has 0 fully saturated rings. The van der Waals surface area contributed by atoms with Gasteiger partial charge < -0.3 is 10.6 Å². The van der Waals surface area contributed by atoms with Gasteiger partial charge in [-0.2, -0.15) is 10.2 Å². The van der Waals surface area contributed by atoms with Gasteiger partial charge in [0.15, 0.2) is 0 Å². The lowest BCUT2D eigenvalue weighted by molar-refractivity contribution is -0.121. The summed E-state index contributed by atoms with van der Waals surface area (Å²) < 4.78 is 2.08. The molecule has 7 nitrogen and oxygen atoms in total. The van der Waals surface area contributed by atoms with Crippen LogP contribution in [0, 0.1) is 0 Å². The van der Waals surface area contributed by atoms with Gasteiger partial charge in [-0.1, -0.05) is 0 Å². The van der Waals surface area contributed by atoms with Crippen molar-refractivity contribution in [3.05, 3.63) is 34.9 Å². The number of nitrogens with zero attached hydrogens (tertiary/aromatic N) is 3. The summed E-state index contributed by atoms with van der Waals surface area (Å²) in [5, 5.41) is 18.3. The fourth-order valence-electron chi connectivity index (χ4n) is 3.62. The van der Waals surface area contributed by atoms with Gasteiger partial charge in [0.05, 0.1) is 17.6 Å². The van der Waals surface area contributed by atoms with Gasteiger partial charge in [0, 0.05) is 37.7 Å². The molecule has 128 valence electrons. The van der Waals surface area contributed by atoms with Crippen molar-refractivity contribution in [1.82, 2.24) is 30.6 Å². The number of fused-ring (bicyclic) bond motifs is 2. The van der Waals surface area contributed by atoms with Crippen molar-refractivity contribution in [2.45, 2.75) is 57.7 Å². The first-order chi connectivity index (χ1) is 11.8. The number of H-pyrrole nitrogens is 1. The second kappa shape index (κ2) is 6.76. The second-order valence-corrected chi connectivity index (χ2v) is 6.76. The molecule has 7 heteroatoms. The molecule has 24 heavy (non-hydrogen) atoms. The maximum atomic E-state index is 12.3. The zero-order valence-corrected chi connectivity index (χ0v) is 13.8. The summed E-state index contributed by atoms with van der Waals surface area (Å²) in [5.41, 5.74) is 4.69. The van der Waals surface area contributed by atoms with Gasteiger partial charge in [-0.05, 0) is 43.9 Å². The predicted octanol–water partition coefficient (Wildman–Crippen LogP) is 0.706. The average molecular weight is 328 g/mol. The number of carbonyl (C=O) groups excluding carboxylic acids is 1. The molecule has 0 spiro atoms. The molecule has 4 rings (SSSR count). The summed E-state index contributed by atoms with van der Waals surface area (Å²) in [6, 6.07) is 2.36. The number of aromatic nitrogens is 4. The number of aryl methyl sites for hydroxylation is 3. The van der Waals surface area contributed by atoms with Gasteiger partial charge in [-0.3, -0.25) is 14.6 Å². The van der Waals surface area contributed by atoms with Crippen LogP contribution in [0.15, 0.2) is 12.3 Å². The van der Waals surface area contributed by atoms with Crippen molar-refractivity contribution in [1.29, 1.82) is 0 Å². The lowest BCUT2D eigenvalue weighted by Gasteiger charge is -2.22. The summed E-state index contributed by atoms with van der Waals surface area (Å²) >= 11 is 0. The van der Waals surface area contributed by atoms with E-state index in [1.165, 1.54) is 17.0 Å². The zero-order valence-electron chi connectivity index (χ0n) is 13.8. The van der Waals surface area contributed by atoms with Crippen molar-refractivity contribution in [3.63, 3.8) is 0 Å². The van der Waals surface area contributed by atoms with E-state index >= 15 is 0 Å². The number of rotatable bonds is 4. The van der Waals surface area contributed by atoms with Gasteiger partial charge in [-0.25, -0.2) is 0 Å². The average Bonchev–Trinajstić information content (AvgIpc) is 3.14. The van der Waals surface area contributed by atoms with Gasteiger partial charge in [0.1, 0.15) is 0 Å². The molecular weight excluding hydrogens is 304 g/mol. The number of amides is 1. The molecule has 2 aromatic rings. The van der Waals surface area contributed by atoms with Crippen molar-refractivity contribution in [2.24, 2.45) is 0 Å². The fraction of sp³-hybridized carbons (Fsp3) is 0.588. The van der Waals surface area contributed by atoms with Gasteiger partial charge in [0.25, 0.3) is 0 Å². The molecule has 0 aromatic carbocycles. The van der Waals surface area contributed by atoms with Crippen LogP contribution in [0.1, 0.15) is 41.9 Å². The van der Waals surface area contributed by atoms with Crippen molar-refractivity contribution in [2.75, 3.05) is 6.54 Å². The largest absolute Gasteiger partial charge is 0.353 e. The van der Waals surface area contributed by atoms with Crippen LogP contribution < -0.4 is 10.6 Å². The standard InChI is InChI=1S/C17H24N6O/c24-17(20-13-2-4-16-12(8-13)10-19-21-16)5-3-14-9-15-11-18-6-1-7-23(15)22-14/h9-10,13,18H,1-8,11H2,(H,19,21)(H,20,24)/t13-/m1/s1. The van der Waals surface area contributed by atoms with E-state index in [1.807, 2.05) is 6.20 Å². The Labute approximate surface area is 141 Å². The Morgan fingerprint density at radius 1 is 1.46 bits per heavy atom. The van der Waals surface area contributed by atoms with Crippen LogP contribution >= 0.6 is 0 Å². The molecule has 0 bridgehead atoms. The van der Waals surface area contributed by atoms with Crippen LogP contribution in [0.4, 0.5) is 0 Å². The van der Waals surface area contributed by atoms with Crippen molar-refractivity contribution >= 4 is 5.91 Å². The van der Waals surface area contributed by atoms with Crippen molar-refractivity contribution in [3.8, 4) is 0 Å². The monoisotopic (exact) mass is 328 g/mol. The number of carbonyl (C=O) groups is 1. The number of aromatic amines is 1. The highest BCUT2D eigenvalue weighted by Crippen LogP contribution is 2.19. The summed E-state index contributed by atoms with van der Waals surface area (Å²) in [5.74, 6) is 0.119. The molecule has 0 radical (unpaired) electrons. The Balaban J connectivity index is 1.28. The van der Waals surface area contributed by atoms with Gasteiger partial charge >= 0.3 is 0 Å². The van der Waals surface area contributed by atoms with E-state index in [-0.39, 0.29) is 11.9 Å². The highest BCUT2D eigenvalue weighted by Gasteiger charge is 2.21. The lowest BCUT2D eigenvalue weighted by Crippen LogP contribution is -2.38. The molecule has 1 aliphatic heterocycles. The number of nitrogens with one attached hydrogen (secondary N) is 3. The number of hydrogen-bond acceptors (Lipinski definition) is 4. The van der Waals surface area contributed by atoms with Crippen LogP contribution in [0.3, 0.4) is 0 Å². The van der Waals surface area contributed by atoms with E-state index in [0.29, 0.717) is 12.8 Å². The maximum Gasteiger partial charge on any atom is 0.220 e. The molecular formula is C17H24N6O. The first-order valence-corrected chi connectivity index (χ1v) is 8.85. The summed E-state index contributed by atoms with van der Waals surface area (Å²) in [6.07, 6.45) is 6.99. The molecule has 3 N–H and O–H groups in total. The van der Waals surface area contributed by atoms with E-state index in [4.69, 9.17) is 0 Å². The van der Waals surface area contributed by atoms with Crippen molar-refractivity contribution < 1.29 is 4.79 Å². The Morgan fingerprint density at radius 2 is 2.42 bits per heavy atom. The molecule has 2 aliphatic rings. The lowest BCUT2D eigenvalue weighted by atomic mass is 9.93. The van der Waals surface area contributed by atoms with E-state index in [9.17, 15) is 4.79 Å². The minimum Gasteiger partial charge on any atom is -0.353 e. The third-order valence-corrected chi connectivity index (χ3v) is 4.93. The van der Waals surface area contributed by atoms with Gasteiger partial charge in [0.2, 0.25) is 5.91 Å². The normalized spacial score (nSPS) is 20.1. The zero-order chi connectivity index (χ0) is 16.4. The summed E-state index contributed by atoms with van der Waals surface area (Å²) in [7, 11) is 0. The van der Waals surface area contributed by atoms with E-state index in [0.717, 1.165) is 51.0 Å². The first-order valence-electron chi connectivity index (χ1n) is 8.85. The Hall–Kier alpha value is -2.15. The maximum absolute atomic E-state index is 12.3. The third-order valence-electron chi connectivity index (χ3n) is 4.93. The smallest absolute Gasteiger partial charge is 0.220 e. The topological polar surface area (TPSA) is 87.6 Å². The number of hydrogen-bond donors (Lipinski definition) is 3. The molecule has 3 heterocycles. The van der Waals surface area contributed by atoms with Crippen LogP contribution in [0.5, 0.6) is 0 Å². The second-order valence-electron chi connectivity index (χ2n) is 6.76. The highest BCUT2D eigenvalue weighted by molar-refractivity contribution is 5.76. The minimum absolute atomic E-state index is 0.119. The SMILES string of the molecule is O=C(CCc1cc2n(n1)CCCNC2)N[C@@H]1CCc2[nH]ncc2C1. The molecule has 1 amide bonds. The first kappa shape index (κ1) is 15.4. The minimum atomic E-state index is 0.119. The van der Waals surface area contributed by atoms with E-state index in [1.54, 1.807) is 0 Å². The van der Waals surface area contributed by atoms with Crippen LogP contribution in [0.2, 0.25) is 0 Å².